The number of aromatic nitrogens is 3. The van der Waals surface area contributed by atoms with E-state index in [1.54, 1.807) is 0 Å². The van der Waals surface area contributed by atoms with Crippen molar-refractivity contribution >= 4 is 17.7 Å². The van der Waals surface area contributed by atoms with Crippen molar-refractivity contribution in [1.82, 2.24) is 20.1 Å². The lowest BCUT2D eigenvalue weighted by Gasteiger charge is -2.31. The zero-order chi connectivity index (χ0) is 18.7. The number of hydrogen-bond donors (Lipinski definition) is 1. The summed E-state index contributed by atoms with van der Waals surface area (Å²) < 4.78 is 2.07. The molecule has 2 fully saturated rings. The van der Waals surface area contributed by atoms with Gasteiger partial charge in [-0.15, -0.1) is 10.2 Å². The molecule has 0 radical (unpaired) electrons. The van der Waals surface area contributed by atoms with Gasteiger partial charge in [0.05, 0.1) is 11.8 Å². The van der Waals surface area contributed by atoms with Crippen LogP contribution in [-0.2, 0) is 4.79 Å². The van der Waals surface area contributed by atoms with E-state index in [-0.39, 0.29) is 11.7 Å². The van der Waals surface area contributed by atoms with Crippen LogP contribution in [0.3, 0.4) is 0 Å². The van der Waals surface area contributed by atoms with Gasteiger partial charge in [-0.25, -0.2) is 0 Å². The molecule has 0 atom stereocenters. The van der Waals surface area contributed by atoms with Crippen molar-refractivity contribution in [3.05, 3.63) is 36.2 Å². The quantitative estimate of drug-likeness (QED) is 0.773. The Hall–Kier alpha value is -2.33. The van der Waals surface area contributed by atoms with Gasteiger partial charge in [-0.05, 0) is 37.8 Å². The topological polar surface area (TPSA) is 83.6 Å². The van der Waals surface area contributed by atoms with Gasteiger partial charge >= 0.3 is 0 Å². The molecular weight excluding hydrogens is 358 g/mol. The Morgan fingerprint density at radius 1 is 1.22 bits per heavy atom. The predicted molar refractivity (Wildman–Crippen MR) is 104 cm³/mol. The molecule has 1 amide bonds. The minimum Gasteiger partial charge on any atom is -0.337 e. The van der Waals surface area contributed by atoms with Gasteiger partial charge in [0.1, 0.15) is 11.4 Å². The lowest BCUT2D eigenvalue weighted by molar-refractivity contribution is -0.120. The van der Waals surface area contributed by atoms with E-state index in [9.17, 15) is 10.1 Å². The highest BCUT2D eigenvalue weighted by atomic mass is 32.2. The van der Waals surface area contributed by atoms with Crippen molar-refractivity contribution in [2.75, 3.05) is 5.75 Å². The van der Waals surface area contributed by atoms with Crippen molar-refractivity contribution in [2.24, 2.45) is 0 Å². The molecule has 2 aliphatic carbocycles. The predicted octanol–water partition coefficient (Wildman–Crippen LogP) is 3.58. The highest BCUT2D eigenvalue weighted by Gasteiger charge is 2.34. The second-order valence-electron chi connectivity index (χ2n) is 7.38. The molecule has 0 unspecified atom stereocenters. The molecule has 1 N–H and O–H groups in total. The van der Waals surface area contributed by atoms with E-state index < -0.39 is 5.54 Å². The van der Waals surface area contributed by atoms with Crippen LogP contribution in [-0.4, -0.2) is 32.0 Å². The molecular formula is C20H23N5OS. The molecule has 0 aliphatic heterocycles. The molecule has 1 heterocycles. The fraction of sp³-hybridized carbons (Fsp3) is 0.500. The molecule has 0 saturated heterocycles. The normalized spacial score (nSPS) is 18.6. The number of rotatable bonds is 6. The fourth-order valence-electron chi connectivity index (χ4n) is 3.65. The minimum atomic E-state index is -0.692. The third-order valence-corrected chi connectivity index (χ3v) is 6.18. The van der Waals surface area contributed by atoms with Crippen LogP contribution in [0.4, 0.5) is 0 Å². The molecule has 2 aromatic rings. The summed E-state index contributed by atoms with van der Waals surface area (Å²) in [5.74, 6) is 1.56. The first-order valence-electron chi connectivity index (χ1n) is 9.57. The molecule has 6 nitrogen and oxygen atoms in total. The molecule has 0 spiro atoms. The minimum absolute atomic E-state index is 0.112. The van der Waals surface area contributed by atoms with E-state index >= 15 is 0 Å². The Kier molecular flexibility index (Phi) is 5.17. The Morgan fingerprint density at radius 2 is 1.96 bits per heavy atom. The highest BCUT2D eigenvalue weighted by Crippen LogP contribution is 2.41. The fourth-order valence-corrected chi connectivity index (χ4v) is 4.41. The van der Waals surface area contributed by atoms with Gasteiger partial charge in [-0.1, -0.05) is 49.2 Å². The number of carbonyl (C=O) groups is 1. The van der Waals surface area contributed by atoms with Gasteiger partial charge in [-0.3, -0.25) is 9.36 Å². The third-order valence-electron chi connectivity index (χ3n) is 5.25. The average Bonchev–Trinajstić information content (AvgIpc) is 3.47. The van der Waals surface area contributed by atoms with Crippen molar-refractivity contribution in [3.8, 4) is 11.8 Å². The monoisotopic (exact) mass is 381 g/mol. The summed E-state index contributed by atoms with van der Waals surface area (Å²) in [4.78, 5) is 12.5. The second-order valence-corrected chi connectivity index (χ2v) is 8.32. The molecule has 2 saturated carbocycles. The summed E-state index contributed by atoms with van der Waals surface area (Å²) in [6.45, 7) is 0. The van der Waals surface area contributed by atoms with Crippen LogP contribution in [0.25, 0.3) is 5.69 Å². The number of nitrogens with zero attached hydrogens (tertiary/aromatic N) is 4. The zero-order valence-corrected chi connectivity index (χ0v) is 16.0. The van der Waals surface area contributed by atoms with Crippen molar-refractivity contribution < 1.29 is 4.79 Å². The Morgan fingerprint density at radius 3 is 2.63 bits per heavy atom. The van der Waals surface area contributed by atoms with Crippen LogP contribution < -0.4 is 5.32 Å². The summed E-state index contributed by atoms with van der Waals surface area (Å²) in [5, 5.41) is 22.0. The molecule has 2 aliphatic rings. The Labute approximate surface area is 163 Å². The summed E-state index contributed by atoms with van der Waals surface area (Å²) >= 11 is 1.38. The van der Waals surface area contributed by atoms with Crippen LogP contribution in [0.15, 0.2) is 35.5 Å². The van der Waals surface area contributed by atoms with Crippen LogP contribution in [0, 0.1) is 11.3 Å². The van der Waals surface area contributed by atoms with Crippen LogP contribution >= 0.6 is 11.8 Å². The molecule has 7 heteroatoms. The standard InChI is InChI=1S/C20H23N5OS/c21-14-20(11-5-2-6-12-20)22-17(26)13-27-19-24-23-18(15-9-10-15)25(19)16-7-3-1-4-8-16/h1,3-4,7-8,15H,2,5-6,9-13H2,(H,22,26). The summed E-state index contributed by atoms with van der Waals surface area (Å²) in [6.07, 6.45) is 6.89. The van der Waals surface area contributed by atoms with Gasteiger partial charge in [0.25, 0.3) is 0 Å². The number of benzene rings is 1. The van der Waals surface area contributed by atoms with Crippen LogP contribution in [0.5, 0.6) is 0 Å². The molecule has 140 valence electrons. The van der Waals surface area contributed by atoms with E-state index in [0.29, 0.717) is 5.92 Å². The van der Waals surface area contributed by atoms with E-state index in [2.05, 4.69) is 26.2 Å². The molecule has 27 heavy (non-hydrogen) atoms. The summed E-state index contributed by atoms with van der Waals surface area (Å²) in [7, 11) is 0. The summed E-state index contributed by atoms with van der Waals surface area (Å²) in [6, 6.07) is 12.4. The van der Waals surface area contributed by atoms with E-state index in [0.717, 1.165) is 61.6 Å². The van der Waals surface area contributed by atoms with Crippen molar-refractivity contribution in [3.63, 3.8) is 0 Å². The number of nitrogens with one attached hydrogen (secondary N) is 1. The van der Waals surface area contributed by atoms with Gasteiger partial charge in [0.15, 0.2) is 5.16 Å². The van der Waals surface area contributed by atoms with E-state index in [1.165, 1.54) is 11.8 Å². The summed E-state index contributed by atoms with van der Waals surface area (Å²) in [5.41, 5.74) is 0.329. The maximum absolute atomic E-state index is 12.5. The van der Waals surface area contributed by atoms with Crippen molar-refractivity contribution in [2.45, 2.75) is 61.6 Å². The maximum Gasteiger partial charge on any atom is 0.231 e. The smallest absolute Gasteiger partial charge is 0.231 e. The van der Waals surface area contributed by atoms with Crippen molar-refractivity contribution in [1.29, 1.82) is 5.26 Å². The number of para-hydroxylation sites is 1. The first-order valence-corrected chi connectivity index (χ1v) is 10.6. The zero-order valence-electron chi connectivity index (χ0n) is 15.2. The number of nitriles is 1. The number of amides is 1. The average molecular weight is 382 g/mol. The van der Waals surface area contributed by atoms with Crippen LogP contribution in [0.1, 0.15) is 56.7 Å². The molecule has 1 aromatic carbocycles. The molecule has 4 rings (SSSR count). The Bertz CT molecular complexity index is 847. The van der Waals surface area contributed by atoms with Gasteiger partial charge in [0, 0.05) is 11.6 Å². The number of carbonyl (C=O) groups excluding carboxylic acids is 1. The first kappa shape index (κ1) is 18.1. The number of thioether (sulfide) groups is 1. The van der Waals surface area contributed by atoms with E-state index in [4.69, 9.17) is 0 Å². The highest BCUT2D eigenvalue weighted by molar-refractivity contribution is 7.99. The van der Waals surface area contributed by atoms with E-state index in [1.807, 2.05) is 30.3 Å². The lowest BCUT2D eigenvalue weighted by Crippen LogP contribution is -2.49. The molecule has 0 bridgehead atoms. The first-order chi connectivity index (χ1) is 13.2. The lowest BCUT2D eigenvalue weighted by atomic mass is 9.83. The van der Waals surface area contributed by atoms with Gasteiger partial charge in [-0.2, -0.15) is 5.26 Å². The molecule has 1 aromatic heterocycles. The second kappa shape index (κ2) is 7.73. The Balaban J connectivity index is 1.47. The third kappa shape index (κ3) is 4.01. The largest absolute Gasteiger partial charge is 0.337 e. The SMILES string of the molecule is N#CC1(NC(=O)CSc2nnc(C3CC3)n2-c2ccccc2)CCCCC1. The van der Waals surface area contributed by atoms with Crippen LogP contribution in [0.2, 0.25) is 0 Å². The maximum atomic E-state index is 12.5. The van der Waals surface area contributed by atoms with Gasteiger partial charge < -0.3 is 5.32 Å². The number of hydrogen-bond acceptors (Lipinski definition) is 5. The van der Waals surface area contributed by atoms with Gasteiger partial charge in [0.2, 0.25) is 5.91 Å².